The van der Waals surface area contributed by atoms with Crippen LogP contribution in [0.5, 0.6) is 0 Å². The third-order valence-electron chi connectivity index (χ3n) is 3.96. The fraction of sp³-hybridized carbons (Fsp3) is 0.167. The minimum Gasteiger partial charge on any atom is -0.454 e. The third kappa shape index (κ3) is 3.39. The molecule has 3 rings (SSSR count). The van der Waals surface area contributed by atoms with Crippen LogP contribution in [-0.4, -0.2) is 31.3 Å². The van der Waals surface area contributed by atoms with Crippen LogP contribution in [0.2, 0.25) is 5.02 Å². The number of anilines is 1. The highest BCUT2D eigenvalue weighted by molar-refractivity contribution is 6.30. The first-order valence-corrected chi connectivity index (χ1v) is 7.79. The smallest absolute Gasteiger partial charge is 0.341 e. The molecule has 0 aliphatic carbocycles. The van der Waals surface area contributed by atoms with Gasteiger partial charge in [0.2, 0.25) is 5.91 Å². The van der Waals surface area contributed by atoms with Crippen molar-refractivity contribution in [2.45, 2.75) is 6.42 Å². The van der Waals surface area contributed by atoms with Crippen molar-refractivity contribution in [3.05, 3.63) is 63.9 Å². The van der Waals surface area contributed by atoms with Crippen LogP contribution in [-0.2, 0) is 16.0 Å². The van der Waals surface area contributed by atoms with Gasteiger partial charge in [-0.15, -0.1) is 0 Å². The molecule has 2 aromatic carbocycles. The Balaban J connectivity index is 1.69. The summed E-state index contributed by atoms with van der Waals surface area (Å²) in [5.74, 6) is -2.24. The predicted octanol–water partition coefficient (Wildman–Crippen LogP) is 3.04. The van der Waals surface area contributed by atoms with Crippen LogP contribution in [0.25, 0.3) is 0 Å². The molecule has 0 N–H and O–H groups in total. The number of halogens is 2. The number of likely N-dealkylation sites (N-methyl/N-ethyl adjacent to an activating group) is 1. The number of fused-ring (bicyclic) bond motifs is 1. The molecule has 1 aliphatic heterocycles. The van der Waals surface area contributed by atoms with Gasteiger partial charge in [-0.05, 0) is 42.0 Å². The normalized spacial score (nSPS) is 12.9. The molecule has 2 aromatic rings. The van der Waals surface area contributed by atoms with E-state index >= 15 is 0 Å². The molecule has 128 valence electrons. The quantitative estimate of drug-likeness (QED) is 0.620. The fourth-order valence-electron chi connectivity index (χ4n) is 2.59. The van der Waals surface area contributed by atoms with Crippen LogP contribution >= 0.6 is 11.6 Å². The van der Waals surface area contributed by atoms with Crippen molar-refractivity contribution in [1.82, 2.24) is 0 Å². The van der Waals surface area contributed by atoms with Gasteiger partial charge in [-0.25, -0.2) is 9.18 Å². The van der Waals surface area contributed by atoms with Crippen molar-refractivity contribution in [2.24, 2.45) is 0 Å². The highest BCUT2D eigenvalue weighted by Gasteiger charge is 2.25. The van der Waals surface area contributed by atoms with E-state index in [1.165, 1.54) is 11.0 Å². The molecule has 5 nitrogen and oxygen atoms in total. The first-order valence-electron chi connectivity index (χ1n) is 7.41. The maximum absolute atomic E-state index is 13.6. The number of Topliss-reactive ketones (excluding diaryl/α,β-unsaturated/α-hetero) is 1. The summed E-state index contributed by atoms with van der Waals surface area (Å²) in [6.45, 7) is -0.534. The van der Waals surface area contributed by atoms with E-state index in [9.17, 15) is 18.8 Å². The minimum absolute atomic E-state index is 0.0533. The number of rotatable bonds is 4. The van der Waals surface area contributed by atoms with Gasteiger partial charge in [0.25, 0.3) is 0 Å². The number of amides is 1. The van der Waals surface area contributed by atoms with E-state index in [0.29, 0.717) is 5.56 Å². The maximum Gasteiger partial charge on any atom is 0.341 e. The zero-order chi connectivity index (χ0) is 18.1. The van der Waals surface area contributed by atoms with Crippen molar-refractivity contribution < 1.29 is 23.5 Å². The van der Waals surface area contributed by atoms with Crippen LogP contribution in [0.4, 0.5) is 10.1 Å². The van der Waals surface area contributed by atoms with E-state index in [0.717, 1.165) is 23.4 Å². The Bertz CT molecular complexity index is 897. The number of hydrogen-bond donors (Lipinski definition) is 0. The molecule has 0 aromatic heterocycles. The molecule has 0 bridgehead atoms. The Morgan fingerprint density at radius 2 is 2.00 bits per heavy atom. The highest BCUT2D eigenvalue weighted by Crippen LogP contribution is 2.28. The molecular formula is C18H13ClFNO4. The molecule has 0 saturated heterocycles. The third-order valence-corrected chi connectivity index (χ3v) is 4.20. The summed E-state index contributed by atoms with van der Waals surface area (Å²) in [7, 11) is 1.66. The molecular weight excluding hydrogens is 349 g/mol. The lowest BCUT2D eigenvalue weighted by atomic mass is 10.1. The number of nitrogens with zero attached hydrogens (tertiary/aromatic N) is 1. The van der Waals surface area contributed by atoms with E-state index in [-0.39, 0.29) is 22.9 Å². The summed E-state index contributed by atoms with van der Waals surface area (Å²) < 4.78 is 18.5. The number of ketones is 1. The van der Waals surface area contributed by atoms with Crippen LogP contribution in [0, 0.1) is 5.82 Å². The largest absolute Gasteiger partial charge is 0.454 e. The molecule has 0 atom stereocenters. The van der Waals surface area contributed by atoms with Crippen molar-refractivity contribution in [3.8, 4) is 0 Å². The average molecular weight is 362 g/mol. The van der Waals surface area contributed by atoms with E-state index in [1.54, 1.807) is 25.2 Å². The van der Waals surface area contributed by atoms with Gasteiger partial charge < -0.3 is 9.64 Å². The van der Waals surface area contributed by atoms with Crippen LogP contribution in [0.1, 0.15) is 26.3 Å². The summed E-state index contributed by atoms with van der Waals surface area (Å²) >= 11 is 5.72. The lowest BCUT2D eigenvalue weighted by Crippen LogP contribution is -2.20. The fourth-order valence-corrected chi connectivity index (χ4v) is 2.76. The number of hydrogen-bond acceptors (Lipinski definition) is 4. The summed E-state index contributed by atoms with van der Waals surface area (Å²) in [5.41, 5.74) is 1.48. The first kappa shape index (κ1) is 17.1. The van der Waals surface area contributed by atoms with E-state index in [2.05, 4.69) is 0 Å². The number of benzene rings is 2. The van der Waals surface area contributed by atoms with E-state index < -0.39 is 24.2 Å². The van der Waals surface area contributed by atoms with Crippen LogP contribution < -0.4 is 4.90 Å². The van der Waals surface area contributed by atoms with Gasteiger partial charge >= 0.3 is 5.97 Å². The second-order valence-electron chi connectivity index (χ2n) is 5.60. The SMILES string of the molecule is CN1C(=O)Cc2cc(C(=O)COC(=O)c3cc(Cl)ccc3F)ccc21. The Kier molecular flexibility index (Phi) is 4.55. The lowest BCUT2D eigenvalue weighted by Gasteiger charge is -2.10. The number of carbonyl (C=O) groups is 3. The van der Waals surface area contributed by atoms with Gasteiger partial charge in [0, 0.05) is 23.3 Å². The molecule has 1 heterocycles. The average Bonchev–Trinajstić information content (AvgIpc) is 2.88. The topological polar surface area (TPSA) is 63.7 Å². The highest BCUT2D eigenvalue weighted by atomic mass is 35.5. The molecule has 0 radical (unpaired) electrons. The zero-order valence-corrected chi connectivity index (χ0v) is 14.0. The van der Waals surface area contributed by atoms with Gasteiger partial charge in [0.05, 0.1) is 12.0 Å². The second-order valence-corrected chi connectivity index (χ2v) is 6.03. The van der Waals surface area contributed by atoms with Gasteiger partial charge in [-0.1, -0.05) is 11.6 Å². The Hall–Kier alpha value is -2.73. The molecule has 1 amide bonds. The van der Waals surface area contributed by atoms with Crippen molar-refractivity contribution in [2.75, 3.05) is 18.6 Å². The van der Waals surface area contributed by atoms with E-state index in [4.69, 9.17) is 16.3 Å². The number of esters is 1. The maximum atomic E-state index is 13.6. The standard InChI is InChI=1S/C18H13ClFNO4/c1-21-15-5-2-10(6-11(15)7-17(21)23)16(22)9-25-18(24)13-8-12(19)3-4-14(13)20/h2-6,8H,7,9H2,1H3. The van der Waals surface area contributed by atoms with Gasteiger partial charge in [-0.3, -0.25) is 9.59 Å². The lowest BCUT2D eigenvalue weighted by molar-refractivity contribution is -0.117. The first-order chi connectivity index (χ1) is 11.9. The zero-order valence-electron chi connectivity index (χ0n) is 13.2. The Morgan fingerprint density at radius 3 is 2.76 bits per heavy atom. The summed E-state index contributed by atoms with van der Waals surface area (Å²) in [6, 6.07) is 8.33. The molecule has 1 aliphatic rings. The summed E-state index contributed by atoms with van der Waals surface area (Å²) in [6.07, 6.45) is 0.223. The van der Waals surface area contributed by atoms with Crippen molar-refractivity contribution in [1.29, 1.82) is 0 Å². The Morgan fingerprint density at radius 1 is 1.24 bits per heavy atom. The van der Waals surface area contributed by atoms with Crippen LogP contribution in [0.15, 0.2) is 36.4 Å². The predicted molar refractivity (Wildman–Crippen MR) is 89.6 cm³/mol. The molecule has 0 fully saturated rings. The van der Waals surface area contributed by atoms with E-state index in [1.807, 2.05) is 0 Å². The molecule has 7 heteroatoms. The molecule has 25 heavy (non-hydrogen) atoms. The van der Waals surface area contributed by atoms with Crippen molar-refractivity contribution >= 4 is 34.9 Å². The number of ether oxygens (including phenoxy) is 1. The minimum atomic E-state index is -0.968. The van der Waals surface area contributed by atoms with Gasteiger partial charge in [-0.2, -0.15) is 0 Å². The van der Waals surface area contributed by atoms with Gasteiger partial charge in [0.15, 0.2) is 12.4 Å². The Labute approximate surface area is 147 Å². The monoisotopic (exact) mass is 361 g/mol. The second kappa shape index (κ2) is 6.64. The summed E-state index contributed by atoms with van der Waals surface area (Å²) in [5, 5.41) is 0.187. The van der Waals surface area contributed by atoms with Crippen molar-refractivity contribution in [3.63, 3.8) is 0 Å². The van der Waals surface area contributed by atoms with Crippen LogP contribution in [0.3, 0.4) is 0 Å². The molecule has 0 spiro atoms. The molecule has 0 saturated carbocycles. The number of carbonyl (C=O) groups excluding carboxylic acids is 3. The molecule has 0 unspecified atom stereocenters. The van der Waals surface area contributed by atoms with Gasteiger partial charge in [0.1, 0.15) is 5.82 Å². The summed E-state index contributed by atoms with van der Waals surface area (Å²) in [4.78, 5) is 37.3.